The van der Waals surface area contributed by atoms with E-state index in [0.29, 0.717) is 31.2 Å². The molecule has 37 heavy (non-hydrogen) atoms. The lowest BCUT2D eigenvalue weighted by molar-refractivity contribution is -0.274. The SMILES string of the molecule is O=C(Cc1ccc(OC(F)(F)F)cc1)NC12CCC(NC(=O)COc3ccc(Cl)c(F)c3)(CC1)C(O)C2. The molecule has 1 atom stereocenters. The molecule has 3 N–H and O–H groups in total. The van der Waals surface area contributed by atoms with Gasteiger partial charge in [-0.15, -0.1) is 13.2 Å². The summed E-state index contributed by atoms with van der Waals surface area (Å²) in [6, 6.07) is 8.89. The van der Waals surface area contributed by atoms with Crippen LogP contribution >= 0.6 is 11.6 Å². The van der Waals surface area contributed by atoms with Crippen LogP contribution in [0.3, 0.4) is 0 Å². The van der Waals surface area contributed by atoms with Crippen molar-refractivity contribution in [3.63, 3.8) is 0 Å². The monoisotopic (exact) mass is 544 g/mol. The summed E-state index contributed by atoms with van der Waals surface area (Å²) in [4.78, 5) is 25.2. The molecule has 2 bridgehead atoms. The average molecular weight is 545 g/mol. The number of carbonyl (C=O) groups excluding carboxylic acids is 2. The lowest BCUT2D eigenvalue weighted by Gasteiger charge is -2.56. The number of carbonyl (C=O) groups is 2. The van der Waals surface area contributed by atoms with E-state index in [2.05, 4.69) is 15.4 Å². The van der Waals surface area contributed by atoms with Crippen LogP contribution in [0, 0.1) is 5.82 Å². The van der Waals surface area contributed by atoms with Crippen LogP contribution in [0.1, 0.15) is 37.7 Å². The molecule has 2 amide bonds. The molecule has 12 heteroatoms. The van der Waals surface area contributed by atoms with Crippen molar-refractivity contribution in [1.29, 1.82) is 0 Å². The predicted octanol–water partition coefficient (Wildman–Crippen LogP) is 4.05. The molecule has 5 rings (SSSR count). The summed E-state index contributed by atoms with van der Waals surface area (Å²) < 4.78 is 59.6. The van der Waals surface area contributed by atoms with Crippen molar-refractivity contribution in [3.05, 3.63) is 58.9 Å². The standard InChI is InChI=1S/C25H25ClF4N2O5/c26-18-6-5-17(12-19(18)27)36-14-22(35)32-24-9-7-23(8-10-24,13-20(24)33)31-21(34)11-15-1-3-16(4-2-15)37-25(28,29)30/h1-6,12,20,33H,7-11,13-14H2,(H,31,34)(H,32,35). The fraction of sp³-hybridized carbons (Fsp3) is 0.440. The first-order valence-electron chi connectivity index (χ1n) is 11.6. The molecule has 0 aromatic heterocycles. The molecule has 1 unspecified atom stereocenters. The largest absolute Gasteiger partial charge is 0.573 e. The van der Waals surface area contributed by atoms with E-state index in [-0.39, 0.29) is 41.9 Å². The third kappa shape index (κ3) is 6.64. The number of ether oxygens (including phenoxy) is 2. The molecule has 0 radical (unpaired) electrons. The van der Waals surface area contributed by atoms with E-state index in [1.54, 1.807) is 0 Å². The minimum absolute atomic E-state index is 0.0470. The number of aliphatic hydroxyl groups is 1. The number of halogens is 5. The Morgan fingerprint density at radius 3 is 2.24 bits per heavy atom. The van der Waals surface area contributed by atoms with Gasteiger partial charge in [-0.3, -0.25) is 9.59 Å². The highest BCUT2D eigenvalue weighted by Crippen LogP contribution is 2.47. The number of fused-ring (bicyclic) bond motifs is 3. The molecule has 3 aliphatic carbocycles. The number of rotatable bonds is 8. The van der Waals surface area contributed by atoms with E-state index < -0.39 is 35.3 Å². The molecule has 0 heterocycles. The molecule has 3 saturated carbocycles. The molecule has 200 valence electrons. The highest BCUT2D eigenvalue weighted by atomic mass is 35.5. The van der Waals surface area contributed by atoms with Gasteiger partial charge in [-0.05, 0) is 61.9 Å². The van der Waals surface area contributed by atoms with Gasteiger partial charge in [0.25, 0.3) is 5.91 Å². The number of hydrogen-bond acceptors (Lipinski definition) is 5. The highest BCUT2D eigenvalue weighted by molar-refractivity contribution is 6.30. The van der Waals surface area contributed by atoms with Crippen molar-refractivity contribution >= 4 is 23.4 Å². The molecular weight excluding hydrogens is 520 g/mol. The zero-order chi connectivity index (χ0) is 26.8. The second-order valence-corrected chi connectivity index (χ2v) is 9.89. The van der Waals surface area contributed by atoms with Gasteiger partial charge in [-0.1, -0.05) is 23.7 Å². The van der Waals surface area contributed by atoms with Gasteiger partial charge in [0.2, 0.25) is 5.91 Å². The van der Waals surface area contributed by atoms with Crippen LogP contribution < -0.4 is 20.1 Å². The van der Waals surface area contributed by atoms with E-state index in [9.17, 15) is 32.3 Å². The number of hydrogen-bond donors (Lipinski definition) is 3. The number of amides is 2. The van der Waals surface area contributed by atoms with Gasteiger partial charge in [-0.25, -0.2) is 4.39 Å². The highest BCUT2D eigenvalue weighted by Gasteiger charge is 2.55. The molecule has 0 spiro atoms. The first-order chi connectivity index (χ1) is 17.4. The van der Waals surface area contributed by atoms with Crippen molar-refractivity contribution in [2.24, 2.45) is 0 Å². The molecule has 7 nitrogen and oxygen atoms in total. The summed E-state index contributed by atoms with van der Waals surface area (Å²) in [6.07, 6.45) is -3.60. The Balaban J connectivity index is 1.28. The molecular formula is C25H25ClF4N2O5. The lowest BCUT2D eigenvalue weighted by Crippen LogP contribution is -2.70. The van der Waals surface area contributed by atoms with Crippen LogP contribution in [0.4, 0.5) is 17.6 Å². The summed E-state index contributed by atoms with van der Waals surface area (Å²) in [6.45, 7) is -0.371. The van der Waals surface area contributed by atoms with Crippen LogP contribution in [0.5, 0.6) is 11.5 Å². The fourth-order valence-electron chi connectivity index (χ4n) is 5.03. The lowest BCUT2D eigenvalue weighted by atomic mass is 9.60. The summed E-state index contributed by atoms with van der Waals surface area (Å²) in [5, 5.41) is 16.6. The molecule has 3 fully saturated rings. The van der Waals surface area contributed by atoms with Gasteiger partial charge >= 0.3 is 6.36 Å². The van der Waals surface area contributed by atoms with E-state index in [4.69, 9.17) is 16.3 Å². The summed E-state index contributed by atoms with van der Waals surface area (Å²) in [5.41, 5.74) is -0.982. The smallest absolute Gasteiger partial charge is 0.484 e. The maximum atomic E-state index is 13.5. The Hall–Kier alpha value is -3.05. The topological polar surface area (TPSA) is 96.9 Å². The summed E-state index contributed by atoms with van der Waals surface area (Å²) in [5.74, 6) is -1.68. The number of alkyl halides is 3. The fourth-order valence-corrected chi connectivity index (χ4v) is 5.14. The third-order valence-corrected chi connectivity index (χ3v) is 7.20. The molecule has 2 aromatic rings. The van der Waals surface area contributed by atoms with Gasteiger partial charge in [0, 0.05) is 11.6 Å². The third-order valence-electron chi connectivity index (χ3n) is 6.90. The van der Waals surface area contributed by atoms with Crippen LogP contribution in [-0.4, -0.2) is 47.1 Å². The van der Waals surface area contributed by atoms with Gasteiger partial charge in [0.15, 0.2) is 6.61 Å². The molecule has 0 saturated heterocycles. The van der Waals surface area contributed by atoms with Crippen LogP contribution in [-0.2, 0) is 16.0 Å². The maximum Gasteiger partial charge on any atom is 0.573 e. The van der Waals surface area contributed by atoms with Gasteiger partial charge in [0.1, 0.15) is 17.3 Å². The van der Waals surface area contributed by atoms with E-state index in [0.717, 1.165) is 18.2 Å². The van der Waals surface area contributed by atoms with Crippen LogP contribution in [0.2, 0.25) is 5.02 Å². The zero-order valence-electron chi connectivity index (χ0n) is 19.5. The Bertz CT molecular complexity index is 1150. The maximum absolute atomic E-state index is 13.5. The normalized spacial score (nSPS) is 24.9. The minimum atomic E-state index is -4.79. The Labute approximate surface area is 215 Å². The second kappa shape index (κ2) is 10.4. The Morgan fingerprint density at radius 1 is 1.00 bits per heavy atom. The second-order valence-electron chi connectivity index (χ2n) is 9.49. The first kappa shape index (κ1) is 27.0. The van der Waals surface area contributed by atoms with E-state index >= 15 is 0 Å². The molecule has 2 aromatic carbocycles. The van der Waals surface area contributed by atoms with Crippen LogP contribution in [0.25, 0.3) is 0 Å². The zero-order valence-corrected chi connectivity index (χ0v) is 20.3. The Morgan fingerprint density at radius 2 is 1.65 bits per heavy atom. The Kier molecular flexibility index (Phi) is 7.57. The van der Waals surface area contributed by atoms with Crippen molar-refractivity contribution < 1.29 is 41.7 Å². The van der Waals surface area contributed by atoms with Crippen molar-refractivity contribution in [2.45, 2.75) is 62.1 Å². The molecule has 0 aliphatic heterocycles. The predicted molar refractivity (Wildman–Crippen MR) is 125 cm³/mol. The van der Waals surface area contributed by atoms with Crippen molar-refractivity contribution in [3.8, 4) is 11.5 Å². The average Bonchev–Trinajstić information content (AvgIpc) is 2.81. The van der Waals surface area contributed by atoms with E-state index in [1.807, 2.05) is 0 Å². The number of nitrogens with one attached hydrogen (secondary N) is 2. The molecule has 3 aliphatic rings. The van der Waals surface area contributed by atoms with Gasteiger partial charge in [-0.2, -0.15) is 0 Å². The van der Waals surface area contributed by atoms with Crippen molar-refractivity contribution in [1.82, 2.24) is 10.6 Å². The minimum Gasteiger partial charge on any atom is -0.484 e. The van der Waals surface area contributed by atoms with Crippen LogP contribution in [0.15, 0.2) is 42.5 Å². The summed E-state index contributed by atoms with van der Waals surface area (Å²) in [7, 11) is 0. The first-order valence-corrected chi connectivity index (χ1v) is 12.0. The number of aliphatic hydroxyl groups excluding tert-OH is 1. The quantitative estimate of drug-likeness (QED) is 0.436. The van der Waals surface area contributed by atoms with Gasteiger partial charge < -0.3 is 25.2 Å². The summed E-state index contributed by atoms with van der Waals surface area (Å²) >= 11 is 5.64. The number of benzene rings is 2. The van der Waals surface area contributed by atoms with E-state index in [1.165, 1.54) is 24.3 Å². The van der Waals surface area contributed by atoms with Gasteiger partial charge in [0.05, 0.1) is 23.1 Å². The van der Waals surface area contributed by atoms with Crippen molar-refractivity contribution in [2.75, 3.05) is 6.61 Å².